The van der Waals surface area contributed by atoms with E-state index in [0.29, 0.717) is 17.7 Å². The molecule has 1 N–H and O–H groups in total. The maximum atomic E-state index is 12.3. The second-order valence-electron chi connectivity index (χ2n) is 4.28. The Labute approximate surface area is 117 Å². The van der Waals surface area contributed by atoms with E-state index in [1.165, 1.54) is 0 Å². The smallest absolute Gasteiger partial charge is 0.254 e. The highest BCUT2D eigenvalue weighted by molar-refractivity contribution is 5.94. The third kappa shape index (κ3) is 3.50. The van der Waals surface area contributed by atoms with E-state index in [2.05, 4.69) is 11.8 Å². The van der Waals surface area contributed by atoms with Crippen LogP contribution < -0.4 is 0 Å². The van der Waals surface area contributed by atoms with Crippen molar-refractivity contribution in [2.24, 2.45) is 0 Å². The number of hydrogen-bond acceptors (Lipinski definition) is 3. The molecule has 0 saturated carbocycles. The van der Waals surface area contributed by atoms with Crippen LogP contribution in [0.15, 0.2) is 47.1 Å². The molecule has 20 heavy (non-hydrogen) atoms. The topological polar surface area (TPSA) is 53.7 Å². The first-order valence-corrected chi connectivity index (χ1v) is 6.18. The van der Waals surface area contributed by atoms with Crippen molar-refractivity contribution in [2.45, 2.75) is 6.54 Å². The zero-order valence-corrected chi connectivity index (χ0v) is 11.2. The number of amides is 1. The summed E-state index contributed by atoms with van der Waals surface area (Å²) in [6.07, 6.45) is 1.58. The molecule has 0 atom stereocenters. The molecule has 0 bridgehead atoms. The molecule has 0 spiro atoms. The molecule has 0 aliphatic heterocycles. The average Bonchev–Trinajstić information content (AvgIpc) is 2.97. The average molecular weight is 269 g/mol. The van der Waals surface area contributed by atoms with Crippen molar-refractivity contribution in [1.82, 2.24) is 4.90 Å². The van der Waals surface area contributed by atoms with Gasteiger partial charge in [-0.3, -0.25) is 4.79 Å². The molecule has 1 amide bonds. The first kappa shape index (κ1) is 13.9. The predicted octanol–water partition coefficient (Wildman–Crippen LogP) is 1.90. The molecule has 0 aliphatic rings. The SMILES string of the molecule is CN(Cc1ccco1)C(=O)c1cccc(C#CCO)c1. The molecule has 0 radical (unpaired) electrons. The highest BCUT2D eigenvalue weighted by Gasteiger charge is 2.13. The number of carbonyl (C=O) groups excluding carboxylic acids is 1. The second-order valence-corrected chi connectivity index (χ2v) is 4.28. The molecule has 0 saturated heterocycles. The molecule has 0 fully saturated rings. The summed E-state index contributed by atoms with van der Waals surface area (Å²) in [4.78, 5) is 13.9. The third-order valence-corrected chi connectivity index (χ3v) is 2.74. The van der Waals surface area contributed by atoms with E-state index in [4.69, 9.17) is 9.52 Å². The van der Waals surface area contributed by atoms with Gasteiger partial charge in [0.15, 0.2) is 0 Å². The van der Waals surface area contributed by atoms with Crippen LogP contribution in [-0.4, -0.2) is 29.6 Å². The van der Waals surface area contributed by atoms with E-state index >= 15 is 0 Å². The van der Waals surface area contributed by atoms with Gasteiger partial charge in [-0.2, -0.15) is 0 Å². The fraction of sp³-hybridized carbons (Fsp3) is 0.188. The number of rotatable bonds is 3. The summed E-state index contributed by atoms with van der Waals surface area (Å²) in [6, 6.07) is 10.6. The summed E-state index contributed by atoms with van der Waals surface area (Å²) in [6.45, 7) is 0.217. The Hall–Kier alpha value is -2.51. The van der Waals surface area contributed by atoms with E-state index in [1.54, 1.807) is 48.5 Å². The zero-order valence-electron chi connectivity index (χ0n) is 11.2. The zero-order chi connectivity index (χ0) is 14.4. The predicted molar refractivity (Wildman–Crippen MR) is 74.9 cm³/mol. The van der Waals surface area contributed by atoms with Crippen LogP contribution in [0.25, 0.3) is 0 Å². The second kappa shape index (κ2) is 6.60. The largest absolute Gasteiger partial charge is 0.467 e. The lowest BCUT2D eigenvalue weighted by molar-refractivity contribution is 0.0775. The maximum absolute atomic E-state index is 12.3. The van der Waals surface area contributed by atoms with Gasteiger partial charge < -0.3 is 14.4 Å². The molecular formula is C16H15NO3. The van der Waals surface area contributed by atoms with Gasteiger partial charge in [0, 0.05) is 18.2 Å². The van der Waals surface area contributed by atoms with Crippen LogP contribution in [0.3, 0.4) is 0 Å². The van der Waals surface area contributed by atoms with Gasteiger partial charge in [0.25, 0.3) is 5.91 Å². The maximum Gasteiger partial charge on any atom is 0.254 e. The first-order valence-electron chi connectivity index (χ1n) is 6.18. The van der Waals surface area contributed by atoms with Gasteiger partial charge in [0.2, 0.25) is 0 Å². The lowest BCUT2D eigenvalue weighted by Crippen LogP contribution is -2.26. The monoisotopic (exact) mass is 269 g/mol. The molecule has 2 rings (SSSR count). The number of carbonyl (C=O) groups is 1. The van der Waals surface area contributed by atoms with Gasteiger partial charge in [-0.1, -0.05) is 17.9 Å². The van der Waals surface area contributed by atoms with E-state index in [-0.39, 0.29) is 12.5 Å². The van der Waals surface area contributed by atoms with Gasteiger partial charge in [0.1, 0.15) is 12.4 Å². The fourth-order valence-corrected chi connectivity index (χ4v) is 1.80. The van der Waals surface area contributed by atoms with E-state index in [1.807, 2.05) is 6.07 Å². The van der Waals surface area contributed by atoms with Crippen molar-refractivity contribution >= 4 is 5.91 Å². The minimum atomic E-state index is -0.198. The number of nitrogens with zero attached hydrogens (tertiary/aromatic N) is 1. The first-order chi connectivity index (χ1) is 9.70. The van der Waals surface area contributed by atoms with Crippen LogP contribution in [0.1, 0.15) is 21.7 Å². The van der Waals surface area contributed by atoms with Crippen molar-refractivity contribution < 1.29 is 14.3 Å². The van der Waals surface area contributed by atoms with Crippen LogP contribution in [0, 0.1) is 11.8 Å². The molecule has 1 aromatic heterocycles. The molecule has 1 aromatic carbocycles. The van der Waals surface area contributed by atoms with Gasteiger partial charge in [-0.25, -0.2) is 0 Å². The number of furan rings is 1. The summed E-state index contributed by atoms with van der Waals surface area (Å²) in [5.74, 6) is 5.98. The molecule has 0 aliphatic carbocycles. The summed E-state index contributed by atoms with van der Waals surface area (Å²) < 4.78 is 5.22. The van der Waals surface area contributed by atoms with Crippen molar-refractivity contribution in [1.29, 1.82) is 0 Å². The Morgan fingerprint density at radius 3 is 2.90 bits per heavy atom. The highest BCUT2D eigenvalue weighted by atomic mass is 16.3. The van der Waals surface area contributed by atoms with Crippen LogP contribution in [0.4, 0.5) is 0 Å². The number of hydrogen-bond donors (Lipinski definition) is 1. The van der Waals surface area contributed by atoms with Crippen molar-refractivity contribution in [3.05, 3.63) is 59.5 Å². The lowest BCUT2D eigenvalue weighted by atomic mass is 10.1. The van der Waals surface area contributed by atoms with E-state index < -0.39 is 0 Å². The van der Waals surface area contributed by atoms with Crippen LogP contribution in [0.5, 0.6) is 0 Å². The summed E-state index contributed by atoms with van der Waals surface area (Å²) in [7, 11) is 1.72. The van der Waals surface area contributed by atoms with Crippen LogP contribution in [0.2, 0.25) is 0 Å². The van der Waals surface area contributed by atoms with Crippen LogP contribution in [-0.2, 0) is 6.54 Å². The summed E-state index contributed by atoms with van der Waals surface area (Å²) in [5.41, 5.74) is 1.26. The minimum absolute atomic E-state index is 0.103. The molecule has 4 nitrogen and oxygen atoms in total. The Bertz CT molecular complexity index is 635. The normalized spacial score (nSPS) is 9.70. The van der Waals surface area contributed by atoms with Crippen molar-refractivity contribution in [3.8, 4) is 11.8 Å². The molecule has 2 aromatic rings. The van der Waals surface area contributed by atoms with E-state index in [9.17, 15) is 4.79 Å². The highest BCUT2D eigenvalue weighted by Crippen LogP contribution is 2.10. The molecule has 102 valence electrons. The quantitative estimate of drug-likeness (QED) is 0.866. The van der Waals surface area contributed by atoms with Crippen molar-refractivity contribution in [3.63, 3.8) is 0 Å². The van der Waals surface area contributed by atoms with E-state index in [0.717, 1.165) is 5.76 Å². The van der Waals surface area contributed by atoms with Crippen molar-refractivity contribution in [2.75, 3.05) is 13.7 Å². The Balaban J connectivity index is 2.12. The number of benzene rings is 1. The Morgan fingerprint density at radius 1 is 1.35 bits per heavy atom. The molecule has 0 unspecified atom stereocenters. The Morgan fingerprint density at radius 2 is 2.20 bits per heavy atom. The minimum Gasteiger partial charge on any atom is -0.467 e. The molecule has 4 heteroatoms. The van der Waals surface area contributed by atoms with Gasteiger partial charge in [-0.05, 0) is 30.3 Å². The third-order valence-electron chi connectivity index (χ3n) is 2.74. The lowest BCUT2D eigenvalue weighted by Gasteiger charge is -2.15. The van der Waals surface area contributed by atoms with Gasteiger partial charge in [-0.15, -0.1) is 0 Å². The Kier molecular flexibility index (Phi) is 4.59. The number of aliphatic hydroxyl groups is 1. The standard InChI is InChI=1S/C16H15NO3/c1-17(12-15-8-4-10-20-15)16(19)14-7-2-5-13(11-14)6-3-9-18/h2,4-5,7-8,10-11,18H,9,12H2,1H3. The number of aliphatic hydroxyl groups excluding tert-OH is 1. The molecular weight excluding hydrogens is 254 g/mol. The van der Waals surface area contributed by atoms with Gasteiger partial charge >= 0.3 is 0 Å². The fourth-order valence-electron chi connectivity index (χ4n) is 1.80. The van der Waals surface area contributed by atoms with Crippen LogP contribution >= 0.6 is 0 Å². The summed E-state index contributed by atoms with van der Waals surface area (Å²) in [5, 5.41) is 8.68. The molecule has 1 heterocycles. The van der Waals surface area contributed by atoms with Gasteiger partial charge in [0.05, 0.1) is 12.8 Å². The summed E-state index contributed by atoms with van der Waals surface area (Å²) >= 11 is 0.